The molecule has 0 radical (unpaired) electrons. The molecule has 1 aliphatic heterocycles. The van der Waals surface area contributed by atoms with Crippen molar-refractivity contribution in [3.63, 3.8) is 0 Å². The van der Waals surface area contributed by atoms with Gasteiger partial charge in [-0.15, -0.1) is 0 Å². The van der Waals surface area contributed by atoms with Gasteiger partial charge in [-0.3, -0.25) is 4.90 Å². The van der Waals surface area contributed by atoms with E-state index in [2.05, 4.69) is 63.8 Å². The van der Waals surface area contributed by atoms with Crippen LogP contribution in [0.1, 0.15) is 34.6 Å². The Morgan fingerprint density at radius 2 is 1.74 bits per heavy atom. The van der Waals surface area contributed by atoms with Crippen LogP contribution in [0.4, 0.5) is 0 Å². The second kappa shape index (κ2) is 7.61. The van der Waals surface area contributed by atoms with E-state index in [4.69, 9.17) is 0 Å². The van der Waals surface area contributed by atoms with Crippen molar-refractivity contribution in [3.05, 3.63) is 0 Å². The van der Waals surface area contributed by atoms with E-state index in [1.165, 1.54) is 13.1 Å². The molecule has 114 valence electrons. The SMILES string of the molecule is CC(C)CNCC(C(C)C)N1CC(C)C(N(C)C)C1. The van der Waals surface area contributed by atoms with Crippen LogP contribution in [-0.4, -0.2) is 62.2 Å². The molecule has 0 aromatic heterocycles. The average molecular weight is 269 g/mol. The summed E-state index contributed by atoms with van der Waals surface area (Å²) in [7, 11) is 4.43. The van der Waals surface area contributed by atoms with E-state index in [0.717, 1.165) is 24.9 Å². The normalized spacial score (nSPS) is 26.8. The average Bonchev–Trinajstić information content (AvgIpc) is 2.65. The van der Waals surface area contributed by atoms with Gasteiger partial charge in [0, 0.05) is 31.7 Å². The molecule has 3 unspecified atom stereocenters. The van der Waals surface area contributed by atoms with E-state index in [1.807, 2.05) is 0 Å². The minimum Gasteiger partial charge on any atom is -0.315 e. The van der Waals surface area contributed by atoms with Gasteiger partial charge in [-0.25, -0.2) is 0 Å². The minimum atomic E-state index is 0.672. The van der Waals surface area contributed by atoms with Gasteiger partial charge in [0.2, 0.25) is 0 Å². The summed E-state index contributed by atoms with van der Waals surface area (Å²) in [6.07, 6.45) is 0. The van der Waals surface area contributed by atoms with Crippen molar-refractivity contribution < 1.29 is 0 Å². The summed E-state index contributed by atoms with van der Waals surface area (Å²) in [6.45, 7) is 16.4. The van der Waals surface area contributed by atoms with Crippen LogP contribution in [0.15, 0.2) is 0 Å². The smallest absolute Gasteiger partial charge is 0.0254 e. The number of nitrogens with one attached hydrogen (secondary N) is 1. The van der Waals surface area contributed by atoms with Gasteiger partial charge in [0.25, 0.3) is 0 Å². The van der Waals surface area contributed by atoms with Crippen LogP contribution in [0, 0.1) is 17.8 Å². The summed E-state index contributed by atoms with van der Waals surface area (Å²) in [6, 6.07) is 1.39. The topological polar surface area (TPSA) is 18.5 Å². The van der Waals surface area contributed by atoms with Gasteiger partial charge < -0.3 is 10.2 Å². The minimum absolute atomic E-state index is 0.672. The monoisotopic (exact) mass is 269 g/mol. The molecule has 1 fully saturated rings. The van der Waals surface area contributed by atoms with Gasteiger partial charge in [0.05, 0.1) is 0 Å². The fourth-order valence-corrected chi connectivity index (χ4v) is 3.24. The van der Waals surface area contributed by atoms with Gasteiger partial charge in [-0.1, -0.05) is 34.6 Å². The summed E-state index contributed by atoms with van der Waals surface area (Å²) in [5.74, 6) is 2.23. The molecule has 0 bridgehead atoms. The molecule has 0 saturated carbocycles. The quantitative estimate of drug-likeness (QED) is 0.764. The lowest BCUT2D eigenvalue weighted by molar-refractivity contribution is 0.170. The van der Waals surface area contributed by atoms with Gasteiger partial charge in [0.15, 0.2) is 0 Å². The van der Waals surface area contributed by atoms with Crippen LogP contribution in [0.25, 0.3) is 0 Å². The van der Waals surface area contributed by atoms with E-state index in [1.54, 1.807) is 0 Å². The zero-order valence-corrected chi connectivity index (χ0v) is 14.1. The lowest BCUT2D eigenvalue weighted by Gasteiger charge is -2.32. The molecule has 0 aliphatic carbocycles. The highest BCUT2D eigenvalue weighted by molar-refractivity contribution is 4.91. The summed E-state index contributed by atoms with van der Waals surface area (Å²) in [4.78, 5) is 5.09. The lowest BCUT2D eigenvalue weighted by Crippen LogP contribution is -2.46. The molecule has 19 heavy (non-hydrogen) atoms. The molecular formula is C16H35N3. The predicted molar refractivity (Wildman–Crippen MR) is 84.5 cm³/mol. The number of hydrogen-bond donors (Lipinski definition) is 1. The maximum atomic E-state index is 3.65. The van der Waals surface area contributed by atoms with Crippen molar-refractivity contribution in [1.82, 2.24) is 15.1 Å². The van der Waals surface area contributed by atoms with Gasteiger partial charge in [-0.05, 0) is 38.4 Å². The largest absolute Gasteiger partial charge is 0.315 e. The van der Waals surface area contributed by atoms with Crippen LogP contribution in [0.2, 0.25) is 0 Å². The Kier molecular flexibility index (Phi) is 6.78. The maximum absolute atomic E-state index is 3.65. The molecule has 1 rings (SSSR count). The Labute approximate surface area is 120 Å². The predicted octanol–water partition coefficient (Wildman–Crippen LogP) is 2.14. The third kappa shape index (κ3) is 5.05. The number of likely N-dealkylation sites (N-methyl/N-ethyl adjacent to an activating group) is 1. The fraction of sp³-hybridized carbons (Fsp3) is 1.00. The Balaban J connectivity index is 2.53. The number of nitrogens with zero attached hydrogens (tertiary/aromatic N) is 2. The highest BCUT2D eigenvalue weighted by Gasteiger charge is 2.35. The number of rotatable bonds is 7. The van der Waals surface area contributed by atoms with E-state index in [-0.39, 0.29) is 0 Å². The number of hydrogen-bond acceptors (Lipinski definition) is 3. The van der Waals surface area contributed by atoms with Gasteiger partial charge in [-0.2, -0.15) is 0 Å². The van der Waals surface area contributed by atoms with Crippen molar-refractivity contribution >= 4 is 0 Å². The van der Waals surface area contributed by atoms with Crippen LogP contribution in [0.3, 0.4) is 0 Å². The van der Waals surface area contributed by atoms with Crippen molar-refractivity contribution in [2.45, 2.75) is 46.7 Å². The first kappa shape index (κ1) is 16.9. The first-order chi connectivity index (χ1) is 8.82. The molecule has 1 N–H and O–H groups in total. The molecule has 0 spiro atoms. The fourth-order valence-electron chi connectivity index (χ4n) is 3.24. The summed E-state index contributed by atoms with van der Waals surface area (Å²) < 4.78 is 0. The molecule has 3 atom stereocenters. The lowest BCUT2D eigenvalue weighted by atomic mass is 10.0. The highest BCUT2D eigenvalue weighted by atomic mass is 15.3. The van der Waals surface area contributed by atoms with Crippen LogP contribution in [-0.2, 0) is 0 Å². The Morgan fingerprint density at radius 3 is 2.16 bits per heavy atom. The maximum Gasteiger partial charge on any atom is 0.0254 e. The Bertz CT molecular complexity index is 250. The first-order valence-electron chi connectivity index (χ1n) is 7.94. The van der Waals surface area contributed by atoms with Crippen LogP contribution in [0.5, 0.6) is 0 Å². The molecule has 1 aliphatic rings. The van der Waals surface area contributed by atoms with E-state index >= 15 is 0 Å². The molecule has 0 aromatic carbocycles. The van der Waals surface area contributed by atoms with E-state index in [9.17, 15) is 0 Å². The van der Waals surface area contributed by atoms with Gasteiger partial charge >= 0.3 is 0 Å². The second-order valence-electron chi connectivity index (χ2n) is 7.33. The molecule has 0 aromatic rings. The third-order valence-corrected chi connectivity index (χ3v) is 4.41. The summed E-state index contributed by atoms with van der Waals surface area (Å²) in [5, 5.41) is 3.65. The molecule has 0 amide bonds. The standard InChI is InChI=1S/C16H35N3/c1-12(2)8-17-9-15(13(3)4)19-10-14(5)16(11-19)18(6)7/h12-17H,8-11H2,1-7H3. The molecule has 3 heteroatoms. The van der Waals surface area contributed by atoms with E-state index in [0.29, 0.717) is 18.0 Å². The Hall–Kier alpha value is -0.120. The highest BCUT2D eigenvalue weighted by Crippen LogP contribution is 2.24. The number of likely N-dealkylation sites (tertiary alicyclic amines) is 1. The molecule has 1 heterocycles. The van der Waals surface area contributed by atoms with Crippen molar-refractivity contribution in [1.29, 1.82) is 0 Å². The van der Waals surface area contributed by atoms with E-state index < -0.39 is 0 Å². The van der Waals surface area contributed by atoms with Crippen molar-refractivity contribution in [2.75, 3.05) is 40.3 Å². The van der Waals surface area contributed by atoms with Crippen LogP contribution >= 0.6 is 0 Å². The molecule has 1 saturated heterocycles. The molecular weight excluding hydrogens is 234 g/mol. The van der Waals surface area contributed by atoms with Gasteiger partial charge in [0.1, 0.15) is 0 Å². The third-order valence-electron chi connectivity index (χ3n) is 4.41. The Morgan fingerprint density at radius 1 is 1.11 bits per heavy atom. The zero-order chi connectivity index (χ0) is 14.6. The summed E-state index contributed by atoms with van der Waals surface area (Å²) in [5.41, 5.74) is 0. The van der Waals surface area contributed by atoms with Crippen molar-refractivity contribution in [2.24, 2.45) is 17.8 Å². The zero-order valence-electron chi connectivity index (χ0n) is 14.1. The van der Waals surface area contributed by atoms with Crippen LogP contribution < -0.4 is 5.32 Å². The first-order valence-corrected chi connectivity index (χ1v) is 7.94. The second-order valence-corrected chi connectivity index (χ2v) is 7.33. The van der Waals surface area contributed by atoms with Crippen molar-refractivity contribution in [3.8, 4) is 0 Å². The summed E-state index contributed by atoms with van der Waals surface area (Å²) >= 11 is 0. The molecule has 3 nitrogen and oxygen atoms in total.